The van der Waals surface area contributed by atoms with Crippen LogP contribution in [0.3, 0.4) is 0 Å². The van der Waals surface area contributed by atoms with Crippen LogP contribution < -0.4 is 10.9 Å². The molecule has 0 radical (unpaired) electrons. The zero-order chi connectivity index (χ0) is 21.8. The molecule has 0 bridgehead atoms. The summed E-state index contributed by atoms with van der Waals surface area (Å²) in [5, 5.41) is 3.47. The van der Waals surface area contributed by atoms with Gasteiger partial charge in [0, 0.05) is 51.3 Å². The summed E-state index contributed by atoms with van der Waals surface area (Å²) < 4.78 is 1.80. The molecule has 31 heavy (non-hydrogen) atoms. The van der Waals surface area contributed by atoms with E-state index in [1.165, 1.54) is 5.56 Å². The second kappa shape index (κ2) is 9.41. The lowest BCUT2D eigenvalue weighted by Gasteiger charge is -2.19. The van der Waals surface area contributed by atoms with Crippen molar-refractivity contribution in [3.63, 3.8) is 0 Å². The highest BCUT2D eigenvalue weighted by molar-refractivity contribution is 5.97. The number of hydrogen-bond acceptors (Lipinski definition) is 5. The Balaban J connectivity index is 1.54. The standard InChI is InChI=1S/C24H29N5O2/c1-27(2)13-11-25-23(30)19-8-9-20-21(16-19)26-22-10-12-28(14-15-29(22)24(20)31)17-18-6-4-3-5-7-18/h3-9,16H,10-15,17H2,1-2H3,(H,25,30). The van der Waals surface area contributed by atoms with Crippen LogP contribution in [0.4, 0.5) is 0 Å². The van der Waals surface area contributed by atoms with Gasteiger partial charge in [-0.1, -0.05) is 30.3 Å². The van der Waals surface area contributed by atoms with Crippen LogP contribution >= 0.6 is 0 Å². The van der Waals surface area contributed by atoms with Crippen molar-refractivity contribution in [1.29, 1.82) is 0 Å². The number of likely N-dealkylation sites (N-methyl/N-ethyl adjacent to an activating group) is 1. The number of aromatic nitrogens is 2. The number of carbonyl (C=O) groups excluding carboxylic acids is 1. The van der Waals surface area contributed by atoms with Crippen molar-refractivity contribution in [1.82, 2.24) is 24.7 Å². The summed E-state index contributed by atoms with van der Waals surface area (Å²) in [5.74, 6) is 0.646. The topological polar surface area (TPSA) is 70.5 Å². The lowest BCUT2D eigenvalue weighted by Crippen LogP contribution is -2.31. The van der Waals surface area contributed by atoms with Crippen LogP contribution in [0.25, 0.3) is 10.9 Å². The fraction of sp³-hybridized carbons (Fsp3) is 0.375. The number of nitrogens with one attached hydrogen (secondary N) is 1. The van der Waals surface area contributed by atoms with Gasteiger partial charge in [0.2, 0.25) is 0 Å². The van der Waals surface area contributed by atoms with Crippen LogP contribution in [0, 0.1) is 0 Å². The van der Waals surface area contributed by atoms with Crippen LogP contribution in [-0.4, -0.2) is 65.5 Å². The average Bonchev–Trinajstić information content (AvgIpc) is 2.96. The fourth-order valence-electron chi connectivity index (χ4n) is 3.94. The normalized spacial score (nSPS) is 14.4. The first-order chi connectivity index (χ1) is 15.0. The van der Waals surface area contributed by atoms with Crippen molar-refractivity contribution in [2.45, 2.75) is 19.5 Å². The van der Waals surface area contributed by atoms with Crippen LogP contribution in [0.5, 0.6) is 0 Å². The molecule has 4 rings (SSSR count). The first-order valence-corrected chi connectivity index (χ1v) is 10.7. The minimum absolute atomic E-state index is 0.0267. The summed E-state index contributed by atoms with van der Waals surface area (Å²) in [5.41, 5.74) is 2.36. The van der Waals surface area contributed by atoms with E-state index in [1.54, 1.807) is 22.8 Å². The second-order valence-corrected chi connectivity index (χ2v) is 8.29. The van der Waals surface area contributed by atoms with E-state index >= 15 is 0 Å². The molecule has 162 valence electrons. The van der Waals surface area contributed by atoms with Crippen LogP contribution in [0.2, 0.25) is 0 Å². The lowest BCUT2D eigenvalue weighted by molar-refractivity contribution is 0.0951. The maximum absolute atomic E-state index is 13.1. The molecule has 0 saturated heterocycles. The Kier molecular flexibility index (Phi) is 6.44. The molecule has 0 fully saturated rings. The van der Waals surface area contributed by atoms with Crippen molar-refractivity contribution in [2.24, 2.45) is 0 Å². The Morgan fingerprint density at radius 2 is 1.90 bits per heavy atom. The quantitative estimate of drug-likeness (QED) is 0.659. The van der Waals surface area contributed by atoms with Gasteiger partial charge in [0.25, 0.3) is 11.5 Å². The number of amides is 1. The van der Waals surface area contributed by atoms with E-state index in [2.05, 4.69) is 34.5 Å². The first kappa shape index (κ1) is 21.2. The summed E-state index contributed by atoms with van der Waals surface area (Å²) in [4.78, 5) is 34.7. The van der Waals surface area contributed by atoms with E-state index in [-0.39, 0.29) is 11.5 Å². The highest BCUT2D eigenvalue weighted by Crippen LogP contribution is 2.15. The van der Waals surface area contributed by atoms with Crippen LogP contribution in [-0.2, 0) is 19.5 Å². The largest absolute Gasteiger partial charge is 0.351 e. The SMILES string of the molecule is CN(C)CCNC(=O)c1ccc2c(=O)n3c(nc2c1)CCN(Cc1ccccc1)CC3. The first-order valence-electron chi connectivity index (χ1n) is 10.7. The molecular weight excluding hydrogens is 390 g/mol. The molecule has 1 N–H and O–H groups in total. The Bertz CT molecular complexity index is 1120. The van der Waals surface area contributed by atoms with Gasteiger partial charge in [0.15, 0.2) is 0 Å². The minimum atomic E-state index is -0.144. The number of hydrogen-bond donors (Lipinski definition) is 1. The van der Waals surface area contributed by atoms with Gasteiger partial charge in [-0.3, -0.25) is 19.1 Å². The lowest BCUT2D eigenvalue weighted by atomic mass is 10.1. The third-order valence-electron chi connectivity index (χ3n) is 5.68. The summed E-state index contributed by atoms with van der Waals surface area (Å²) in [6, 6.07) is 15.5. The van der Waals surface area contributed by atoms with E-state index in [1.807, 2.05) is 25.1 Å². The molecule has 1 aromatic heterocycles. The Hall–Kier alpha value is -3.03. The summed E-state index contributed by atoms with van der Waals surface area (Å²) in [7, 11) is 3.93. The molecule has 1 aliphatic heterocycles. The fourth-order valence-corrected chi connectivity index (χ4v) is 3.94. The minimum Gasteiger partial charge on any atom is -0.351 e. The van der Waals surface area contributed by atoms with Crippen molar-refractivity contribution < 1.29 is 4.79 Å². The zero-order valence-corrected chi connectivity index (χ0v) is 18.2. The van der Waals surface area contributed by atoms with Gasteiger partial charge in [-0.25, -0.2) is 4.98 Å². The predicted octanol–water partition coefficient (Wildman–Crippen LogP) is 1.75. The molecule has 2 aromatic carbocycles. The average molecular weight is 420 g/mol. The molecule has 3 aromatic rings. The van der Waals surface area contributed by atoms with Crippen molar-refractivity contribution in [3.8, 4) is 0 Å². The van der Waals surface area contributed by atoms with Gasteiger partial charge < -0.3 is 10.2 Å². The molecule has 0 atom stereocenters. The van der Waals surface area contributed by atoms with Crippen molar-refractivity contribution in [2.75, 3.05) is 40.3 Å². The van der Waals surface area contributed by atoms with Gasteiger partial charge in [0.1, 0.15) is 5.82 Å². The third kappa shape index (κ3) is 5.00. The summed E-state index contributed by atoms with van der Waals surface area (Å²) in [6.07, 6.45) is 0.706. The molecule has 0 aliphatic carbocycles. The molecule has 0 unspecified atom stereocenters. The molecule has 2 heterocycles. The predicted molar refractivity (Wildman–Crippen MR) is 122 cm³/mol. The van der Waals surface area contributed by atoms with E-state index in [9.17, 15) is 9.59 Å². The number of benzene rings is 2. The van der Waals surface area contributed by atoms with E-state index in [0.29, 0.717) is 36.0 Å². The van der Waals surface area contributed by atoms with Crippen LogP contribution in [0.15, 0.2) is 53.3 Å². The summed E-state index contributed by atoms with van der Waals surface area (Å²) >= 11 is 0. The molecule has 1 aliphatic rings. The Morgan fingerprint density at radius 3 is 2.68 bits per heavy atom. The molecule has 0 saturated carbocycles. The monoisotopic (exact) mass is 419 g/mol. The number of carbonyl (C=O) groups is 1. The van der Waals surface area contributed by atoms with Gasteiger partial charge in [-0.15, -0.1) is 0 Å². The Labute approximate surface area is 182 Å². The van der Waals surface area contributed by atoms with E-state index in [0.717, 1.165) is 32.0 Å². The van der Waals surface area contributed by atoms with Crippen molar-refractivity contribution in [3.05, 3.63) is 75.8 Å². The summed E-state index contributed by atoms with van der Waals surface area (Å²) in [6.45, 7) is 4.48. The van der Waals surface area contributed by atoms with Gasteiger partial charge in [-0.05, 0) is 37.9 Å². The molecular formula is C24H29N5O2. The smallest absolute Gasteiger partial charge is 0.261 e. The van der Waals surface area contributed by atoms with Crippen molar-refractivity contribution >= 4 is 16.8 Å². The highest BCUT2D eigenvalue weighted by Gasteiger charge is 2.18. The maximum Gasteiger partial charge on any atom is 0.261 e. The molecule has 1 amide bonds. The third-order valence-corrected chi connectivity index (χ3v) is 5.68. The number of fused-ring (bicyclic) bond motifs is 2. The molecule has 7 nitrogen and oxygen atoms in total. The highest BCUT2D eigenvalue weighted by atomic mass is 16.1. The van der Waals surface area contributed by atoms with E-state index < -0.39 is 0 Å². The number of rotatable bonds is 6. The molecule has 0 spiro atoms. The zero-order valence-electron chi connectivity index (χ0n) is 18.2. The van der Waals surface area contributed by atoms with Gasteiger partial charge in [-0.2, -0.15) is 0 Å². The molecule has 7 heteroatoms. The Morgan fingerprint density at radius 1 is 1.10 bits per heavy atom. The van der Waals surface area contributed by atoms with E-state index in [4.69, 9.17) is 4.98 Å². The second-order valence-electron chi connectivity index (χ2n) is 8.29. The number of nitrogens with zero attached hydrogens (tertiary/aromatic N) is 4. The maximum atomic E-state index is 13.1. The van der Waals surface area contributed by atoms with Crippen LogP contribution in [0.1, 0.15) is 21.7 Å². The van der Waals surface area contributed by atoms with Gasteiger partial charge >= 0.3 is 0 Å². The van der Waals surface area contributed by atoms with Gasteiger partial charge in [0.05, 0.1) is 10.9 Å².